The number of benzene rings is 1. The molecule has 0 N–H and O–H groups in total. The zero-order chi connectivity index (χ0) is 8.27. The molecule has 0 heterocycles. The van der Waals surface area contributed by atoms with E-state index in [2.05, 4.69) is 6.58 Å². The van der Waals surface area contributed by atoms with Crippen molar-refractivity contribution in [3.05, 3.63) is 42.4 Å². The third kappa shape index (κ3) is 2.42. The number of hydrogen-bond acceptors (Lipinski definition) is 1. The van der Waals surface area contributed by atoms with Crippen molar-refractivity contribution in [1.29, 1.82) is 0 Å². The molecule has 0 aliphatic heterocycles. The average molecular weight is 152 g/mol. The molecular formula is C9H9FO. The first-order valence-electron chi connectivity index (χ1n) is 3.27. The van der Waals surface area contributed by atoms with Crippen molar-refractivity contribution in [2.75, 3.05) is 0 Å². The van der Waals surface area contributed by atoms with Crippen LogP contribution in [0.4, 0.5) is 4.39 Å². The maximum absolute atomic E-state index is 12.3. The van der Waals surface area contributed by atoms with Crippen LogP contribution in [0.15, 0.2) is 36.6 Å². The summed E-state index contributed by atoms with van der Waals surface area (Å²) in [7, 11) is 0. The molecule has 1 aromatic rings. The summed E-state index contributed by atoms with van der Waals surface area (Å²) in [5, 5.41) is 0. The monoisotopic (exact) mass is 152 g/mol. The van der Waals surface area contributed by atoms with Crippen LogP contribution in [0.25, 0.3) is 0 Å². The van der Waals surface area contributed by atoms with E-state index in [4.69, 9.17) is 4.74 Å². The van der Waals surface area contributed by atoms with Crippen molar-refractivity contribution in [2.24, 2.45) is 0 Å². The molecule has 2 heteroatoms. The summed E-state index contributed by atoms with van der Waals surface area (Å²) >= 11 is 0. The molecule has 0 spiro atoms. The molecule has 0 saturated carbocycles. The Morgan fingerprint density at radius 1 is 1.36 bits per heavy atom. The van der Waals surface area contributed by atoms with Crippen LogP contribution in [-0.4, -0.2) is 0 Å². The van der Waals surface area contributed by atoms with E-state index in [1.807, 2.05) is 0 Å². The Balaban J connectivity index is 2.74. The molecule has 1 rings (SSSR count). The summed E-state index contributed by atoms with van der Waals surface area (Å²) in [6.07, 6.45) is 0. The van der Waals surface area contributed by atoms with Gasteiger partial charge in [0.1, 0.15) is 11.6 Å². The second-order valence-electron chi connectivity index (χ2n) is 2.26. The molecule has 11 heavy (non-hydrogen) atoms. The van der Waals surface area contributed by atoms with Gasteiger partial charge in [0.25, 0.3) is 0 Å². The predicted molar refractivity (Wildman–Crippen MR) is 41.8 cm³/mol. The molecule has 58 valence electrons. The van der Waals surface area contributed by atoms with E-state index in [0.717, 1.165) is 0 Å². The van der Waals surface area contributed by atoms with Gasteiger partial charge in [-0.1, -0.05) is 6.58 Å². The topological polar surface area (TPSA) is 9.23 Å². The molecule has 0 radical (unpaired) electrons. The van der Waals surface area contributed by atoms with Crippen LogP contribution in [0.2, 0.25) is 0 Å². The van der Waals surface area contributed by atoms with Crippen LogP contribution >= 0.6 is 0 Å². The van der Waals surface area contributed by atoms with Crippen LogP contribution < -0.4 is 4.74 Å². The first kappa shape index (κ1) is 7.79. The smallest absolute Gasteiger partial charge is 0.127 e. The molecule has 0 saturated heterocycles. The largest absolute Gasteiger partial charge is 0.463 e. The van der Waals surface area contributed by atoms with Crippen molar-refractivity contribution in [3.63, 3.8) is 0 Å². The Bertz CT molecular complexity index is 251. The van der Waals surface area contributed by atoms with Gasteiger partial charge in [-0.15, -0.1) is 0 Å². The van der Waals surface area contributed by atoms with Crippen molar-refractivity contribution < 1.29 is 9.13 Å². The van der Waals surface area contributed by atoms with Crippen molar-refractivity contribution in [3.8, 4) is 5.75 Å². The maximum atomic E-state index is 12.3. The van der Waals surface area contributed by atoms with Gasteiger partial charge in [-0.05, 0) is 31.2 Å². The van der Waals surface area contributed by atoms with Gasteiger partial charge < -0.3 is 4.74 Å². The summed E-state index contributed by atoms with van der Waals surface area (Å²) in [4.78, 5) is 0. The number of allylic oxidation sites excluding steroid dienone is 1. The highest BCUT2D eigenvalue weighted by molar-refractivity contribution is 5.23. The van der Waals surface area contributed by atoms with E-state index in [0.29, 0.717) is 11.5 Å². The number of halogens is 1. The fourth-order valence-corrected chi connectivity index (χ4v) is 0.704. The van der Waals surface area contributed by atoms with Gasteiger partial charge in [0, 0.05) is 0 Å². The predicted octanol–water partition coefficient (Wildman–Crippen LogP) is 2.74. The minimum Gasteiger partial charge on any atom is -0.463 e. The highest BCUT2D eigenvalue weighted by Crippen LogP contribution is 2.12. The molecule has 0 aromatic heterocycles. The second kappa shape index (κ2) is 3.19. The van der Waals surface area contributed by atoms with Crippen LogP contribution in [0.3, 0.4) is 0 Å². The van der Waals surface area contributed by atoms with Crippen LogP contribution in [0.5, 0.6) is 5.75 Å². The third-order valence-electron chi connectivity index (χ3n) is 1.11. The van der Waals surface area contributed by atoms with Crippen LogP contribution in [-0.2, 0) is 0 Å². The van der Waals surface area contributed by atoms with Crippen molar-refractivity contribution in [1.82, 2.24) is 0 Å². The maximum Gasteiger partial charge on any atom is 0.127 e. The fourth-order valence-electron chi connectivity index (χ4n) is 0.704. The van der Waals surface area contributed by atoms with Crippen LogP contribution in [0, 0.1) is 5.82 Å². The van der Waals surface area contributed by atoms with Gasteiger partial charge in [-0.2, -0.15) is 0 Å². The molecule has 0 bridgehead atoms. The average Bonchev–Trinajstić information content (AvgIpc) is 1.93. The molecule has 1 nitrogen and oxygen atoms in total. The molecule has 0 aliphatic carbocycles. The van der Waals surface area contributed by atoms with Crippen molar-refractivity contribution >= 4 is 0 Å². The molecule has 0 fully saturated rings. The Kier molecular flexibility index (Phi) is 2.26. The minimum absolute atomic E-state index is 0.265. The van der Waals surface area contributed by atoms with E-state index in [1.165, 1.54) is 12.1 Å². The molecule has 0 atom stereocenters. The Morgan fingerprint density at radius 2 is 1.91 bits per heavy atom. The highest BCUT2D eigenvalue weighted by atomic mass is 19.1. The zero-order valence-electron chi connectivity index (χ0n) is 6.30. The first-order chi connectivity index (χ1) is 5.18. The van der Waals surface area contributed by atoms with Gasteiger partial charge in [0.05, 0.1) is 5.76 Å². The molecular weight excluding hydrogens is 143 g/mol. The van der Waals surface area contributed by atoms with Crippen molar-refractivity contribution in [2.45, 2.75) is 6.92 Å². The van der Waals surface area contributed by atoms with E-state index in [1.54, 1.807) is 19.1 Å². The van der Waals surface area contributed by atoms with E-state index < -0.39 is 0 Å². The second-order valence-corrected chi connectivity index (χ2v) is 2.26. The molecule has 1 aromatic carbocycles. The summed E-state index contributed by atoms with van der Waals surface area (Å²) in [6, 6.07) is 5.81. The lowest BCUT2D eigenvalue weighted by molar-refractivity contribution is 0.429. The van der Waals surface area contributed by atoms with E-state index in [9.17, 15) is 4.39 Å². The minimum atomic E-state index is -0.265. The summed E-state index contributed by atoms with van der Waals surface area (Å²) in [5.74, 6) is 0.939. The van der Waals surface area contributed by atoms with Crippen LogP contribution in [0.1, 0.15) is 6.92 Å². The molecule has 0 amide bonds. The Labute approximate surface area is 65.1 Å². The number of hydrogen-bond donors (Lipinski definition) is 0. The summed E-state index contributed by atoms with van der Waals surface area (Å²) < 4.78 is 17.5. The number of ether oxygens (including phenoxy) is 1. The Morgan fingerprint density at radius 3 is 2.36 bits per heavy atom. The fraction of sp³-hybridized carbons (Fsp3) is 0.111. The standard InChI is InChI=1S/C9H9FO/c1-7(2)11-9-5-3-8(10)4-6-9/h3-6H,1H2,2H3. The lowest BCUT2D eigenvalue weighted by Crippen LogP contribution is -1.87. The summed E-state index contributed by atoms with van der Waals surface area (Å²) in [6.45, 7) is 5.30. The third-order valence-corrected chi connectivity index (χ3v) is 1.11. The summed E-state index contributed by atoms with van der Waals surface area (Å²) in [5.41, 5.74) is 0. The first-order valence-corrected chi connectivity index (χ1v) is 3.27. The molecule has 0 aliphatic rings. The van der Waals surface area contributed by atoms with Gasteiger partial charge in [0.15, 0.2) is 0 Å². The van der Waals surface area contributed by atoms with Gasteiger partial charge >= 0.3 is 0 Å². The Hall–Kier alpha value is -1.31. The molecule has 0 unspecified atom stereocenters. The van der Waals surface area contributed by atoms with Gasteiger partial charge in [0.2, 0.25) is 0 Å². The lowest BCUT2D eigenvalue weighted by Gasteiger charge is -2.02. The normalized spacial score (nSPS) is 9.27. The van der Waals surface area contributed by atoms with E-state index in [-0.39, 0.29) is 5.82 Å². The van der Waals surface area contributed by atoms with E-state index >= 15 is 0 Å². The SMILES string of the molecule is C=C(C)Oc1ccc(F)cc1. The van der Waals surface area contributed by atoms with Gasteiger partial charge in [-0.3, -0.25) is 0 Å². The lowest BCUT2D eigenvalue weighted by atomic mass is 10.3. The quantitative estimate of drug-likeness (QED) is 0.592. The highest BCUT2D eigenvalue weighted by Gasteiger charge is 1.92. The number of rotatable bonds is 2. The van der Waals surface area contributed by atoms with Gasteiger partial charge in [-0.25, -0.2) is 4.39 Å². The zero-order valence-corrected chi connectivity index (χ0v) is 6.30.